The minimum atomic E-state index is -1.95. The number of nitrogens with zero attached hydrogens (tertiary/aromatic N) is 2. The Morgan fingerprint density at radius 1 is 0.449 bits per heavy atom. The molecule has 7 atom stereocenters. The van der Waals surface area contributed by atoms with Gasteiger partial charge in [-0.1, -0.05) is 212 Å². The van der Waals surface area contributed by atoms with Gasteiger partial charge >= 0.3 is 5.97 Å². The molecule has 1 aromatic heterocycles. The Balaban J connectivity index is 1.09. The van der Waals surface area contributed by atoms with E-state index in [1.807, 2.05) is 207 Å². The first-order valence-electron chi connectivity index (χ1n) is 36.0. The van der Waals surface area contributed by atoms with Crippen LogP contribution in [0.25, 0.3) is 0 Å². The van der Waals surface area contributed by atoms with Gasteiger partial charge in [-0.05, 0) is 135 Å². The zero-order valence-electron chi connectivity index (χ0n) is 63.3. The van der Waals surface area contributed by atoms with Gasteiger partial charge in [-0.3, -0.25) is 38.4 Å². The van der Waals surface area contributed by atoms with Crippen molar-refractivity contribution < 1.29 is 57.4 Å². The molecule has 8 aromatic rings. The Morgan fingerprint density at radius 2 is 0.888 bits per heavy atom. The summed E-state index contributed by atoms with van der Waals surface area (Å²) in [6.45, 7) is 20.6. The van der Waals surface area contributed by atoms with E-state index < -0.39 is 148 Å². The number of ether oxygens (including phenoxy) is 3. The lowest BCUT2D eigenvalue weighted by molar-refractivity contribution is -0.163. The number of nitrogens with one attached hydrogen (secondary N) is 7. The summed E-state index contributed by atoms with van der Waals surface area (Å²) in [4.78, 5) is 136. The molecule has 0 aliphatic rings. The number of Topliss-reactive ketones (excluding diaryl/α,β-unsaturated/α-hetero) is 1. The quantitative estimate of drug-likeness (QED) is 0.0108. The highest BCUT2D eigenvalue weighted by Gasteiger charge is 2.43. The third kappa shape index (κ3) is 22.1. The number of nitrogens with two attached hydrogens (primary N) is 1. The van der Waals surface area contributed by atoms with E-state index in [2.05, 4.69) is 37.2 Å². The van der Waals surface area contributed by atoms with Crippen molar-refractivity contribution in [3.8, 4) is 0 Å². The Hall–Kier alpha value is -10.9. The van der Waals surface area contributed by atoms with Crippen LogP contribution in [0.4, 0.5) is 0 Å². The number of carbonyl (C=O) groups is 9. The first-order valence-corrected chi connectivity index (χ1v) is 36.0. The van der Waals surface area contributed by atoms with Gasteiger partial charge < -0.3 is 61.7 Å². The largest absolute Gasteiger partial charge is 0.454 e. The molecule has 7 amide bonds. The fourth-order valence-corrected chi connectivity index (χ4v) is 12.9. The first-order chi connectivity index (χ1) is 50.6. The van der Waals surface area contributed by atoms with E-state index >= 15 is 9.59 Å². The molecule has 0 radical (unpaired) electrons. The molecule has 564 valence electrons. The van der Waals surface area contributed by atoms with Crippen LogP contribution in [0, 0.1) is 0 Å². The lowest BCUT2D eigenvalue weighted by atomic mass is 9.77. The lowest BCUT2D eigenvalue weighted by Gasteiger charge is -2.37. The lowest BCUT2D eigenvalue weighted by Crippen LogP contribution is -2.62. The van der Waals surface area contributed by atoms with Crippen LogP contribution in [0.15, 0.2) is 225 Å². The summed E-state index contributed by atoms with van der Waals surface area (Å²) < 4.78 is 19.7. The molecule has 0 saturated carbocycles. The second-order valence-electron chi connectivity index (χ2n) is 30.2. The van der Waals surface area contributed by atoms with Crippen LogP contribution < -0.4 is 43.0 Å². The number of aromatic nitrogens is 2. The average Bonchev–Trinajstić information content (AvgIpc) is 1.73. The highest BCUT2D eigenvalue weighted by Crippen LogP contribution is 2.41. The van der Waals surface area contributed by atoms with Gasteiger partial charge in [-0.25, -0.2) is 9.78 Å². The van der Waals surface area contributed by atoms with E-state index in [1.54, 1.807) is 98.2 Å². The number of imidazole rings is 1. The molecule has 0 aliphatic heterocycles. The summed E-state index contributed by atoms with van der Waals surface area (Å²) in [5.41, 5.74) is 5.25. The summed E-state index contributed by atoms with van der Waals surface area (Å²) in [7, 11) is 0. The molecule has 0 unspecified atom stereocenters. The Kier molecular flexibility index (Phi) is 27.4. The number of carbonyl (C=O) groups excluding carboxylic acids is 9. The normalized spacial score (nSPS) is 14.0. The van der Waals surface area contributed by atoms with Crippen molar-refractivity contribution in [1.29, 1.82) is 0 Å². The van der Waals surface area contributed by atoms with Gasteiger partial charge in [0.05, 0.1) is 42.0 Å². The maximum atomic E-state index is 15.2. The zero-order chi connectivity index (χ0) is 77.9. The topological polar surface area (TPSA) is 309 Å². The maximum Gasteiger partial charge on any atom is 0.377 e. The monoisotopic (exact) mass is 1450 g/mol. The second-order valence-corrected chi connectivity index (χ2v) is 30.2. The molecule has 7 aromatic carbocycles. The Bertz CT molecular complexity index is 4100. The summed E-state index contributed by atoms with van der Waals surface area (Å²) in [5.74, 6) is -8.10. The molecule has 9 N–H and O–H groups in total. The third-order valence-corrected chi connectivity index (χ3v) is 17.8. The van der Waals surface area contributed by atoms with E-state index in [-0.39, 0.29) is 12.8 Å². The Morgan fingerprint density at radius 3 is 1.34 bits per heavy atom. The standard InChI is InChI=1S/C85H102N10O12/c1-56(105-80(3,4)5)71(86)76(101)90-68(51-58-35-21-14-22-36-58)74(99)92-72(57(2)106-81(6,7)8)77(102)87-53-70(97)89-66(49-50-69(96)93-84(59-37-23-15-24-38-59,60-39-25-16-26-40-60)61-41-27-17-28-42-61)75(100)94-83(12,13)79(104)91-67(73(98)78(103)107-82(9,10)11)52-65-54-95(55-88-65)85(62-43-29-18-30-44-62,63-45-31-19-32-46-63)64-47-33-20-34-48-64/h14-48,54-57,66-68,71-72H,49-53,86H2,1-13H3,(H,87,102)(H,89,97)(H,90,101)(H,91,104)(H,92,99)(H,93,96)(H,94,100)/t56-,57-,66+,67+,68+,71+,72+/m1/s1. The molecule has 0 fully saturated rings. The van der Waals surface area contributed by atoms with E-state index in [0.29, 0.717) is 27.9 Å². The van der Waals surface area contributed by atoms with Crippen LogP contribution in [0.5, 0.6) is 0 Å². The van der Waals surface area contributed by atoms with Crippen molar-refractivity contribution in [1.82, 2.24) is 46.8 Å². The van der Waals surface area contributed by atoms with E-state index in [9.17, 15) is 33.6 Å². The smallest absolute Gasteiger partial charge is 0.377 e. The van der Waals surface area contributed by atoms with Gasteiger partial charge in [0.15, 0.2) is 0 Å². The molecule has 22 nitrogen and oxygen atoms in total. The molecule has 107 heavy (non-hydrogen) atoms. The minimum Gasteiger partial charge on any atom is -0.454 e. The molecule has 0 spiro atoms. The number of rotatable bonds is 33. The van der Waals surface area contributed by atoms with Crippen molar-refractivity contribution in [3.63, 3.8) is 0 Å². The van der Waals surface area contributed by atoms with Crippen LogP contribution in [-0.4, -0.2) is 134 Å². The van der Waals surface area contributed by atoms with Gasteiger partial charge in [0.1, 0.15) is 52.4 Å². The van der Waals surface area contributed by atoms with Crippen molar-refractivity contribution in [2.45, 2.75) is 192 Å². The summed E-state index contributed by atoms with van der Waals surface area (Å²) in [5, 5.41) is 19.5. The highest BCUT2D eigenvalue weighted by atomic mass is 16.6. The molecule has 0 saturated heterocycles. The fraction of sp³-hybridized carbons (Fsp3) is 0.365. The highest BCUT2D eigenvalue weighted by molar-refractivity contribution is 6.36. The molecule has 0 aliphatic carbocycles. The van der Waals surface area contributed by atoms with Crippen LogP contribution in [0.3, 0.4) is 0 Å². The minimum absolute atomic E-state index is 0.0190. The molecular weight excluding hydrogens is 1350 g/mol. The van der Waals surface area contributed by atoms with Crippen LogP contribution >= 0.6 is 0 Å². The number of amides is 7. The average molecular weight is 1460 g/mol. The zero-order valence-corrected chi connectivity index (χ0v) is 63.3. The molecule has 0 bridgehead atoms. The summed E-state index contributed by atoms with van der Waals surface area (Å²) >= 11 is 0. The van der Waals surface area contributed by atoms with Crippen LogP contribution in [-0.2, 0) is 81.3 Å². The molecule has 1 heterocycles. The number of ketones is 1. The van der Waals surface area contributed by atoms with Gasteiger partial charge in [-0.2, -0.15) is 0 Å². The number of benzene rings is 7. The maximum absolute atomic E-state index is 15.2. The van der Waals surface area contributed by atoms with E-state index in [0.717, 1.165) is 16.7 Å². The van der Waals surface area contributed by atoms with Gasteiger partial charge in [0, 0.05) is 25.5 Å². The van der Waals surface area contributed by atoms with Crippen molar-refractivity contribution in [2.24, 2.45) is 5.73 Å². The van der Waals surface area contributed by atoms with E-state index in [1.165, 1.54) is 13.8 Å². The SMILES string of the molecule is C[C@@H](OC(C)(C)C)[C@H](N)C(=O)N[C@@H](Cc1ccccc1)C(=O)N[C@H](C(=O)NCC(=O)N[C@@H](CCC(=O)NC(c1ccccc1)(c1ccccc1)c1ccccc1)C(=O)NC(C)(C)C(=O)N[C@@H](Cc1cn(C(c2ccccc2)(c2ccccc2)c2ccccc2)cn1)C(=O)C(=O)OC(C)(C)C)[C@@H](C)OC(C)(C)C. The molecular formula is C85H102N10O12. The number of hydrogen-bond acceptors (Lipinski definition) is 14. The van der Waals surface area contributed by atoms with Crippen molar-refractivity contribution in [3.05, 3.63) is 269 Å². The van der Waals surface area contributed by atoms with Gasteiger partial charge in [0.25, 0.3) is 5.78 Å². The number of hydrogen-bond donors (Lipinski definition) is 8. The second kappa shape index (κ2) is 35.9. The first kappa shape index (κ1) is 81.7. The van der Waals surface area contributed by atoms with Gasteiger partial charge in [-0.15, -0.1) is 0 Å². The molecule has 8 rings (SSSR count). The molecule has 22 heteroatoms. The summed E-state index contributed by atoms with van der Waals surface area (Å²) in [6, 6.07) is 59.1. The Labute approximate surface area is 627 Å². The third-order valence-electron chi connectivity index (χ3n) is 17.8. The van der Waals surface area contributed by atoms with Crippen LogP contribution in [0.2, 0.25) is 0 Å². The predicted molar refractivity (Wildman–Crippen MR) is 410 cm³/mol. The van der Waals surface area contributed by atoms with E-state index in [4.69, 9.17) is 24.9 Å². The predicted octanol–water partition coefficient (Wildman–Crippen LogP) is 8.99. The van der Waals surface area contributed by atoms with Crippen molar-refractivity contribution in [2.75, 3.05) is 6.54 Å². The van der Waals surface area contributed by atoms with Crippen LogP contribution in [0.1, 0.15) is 147 Å². The fourth-order valence-electron chi connectivity index (χ4n) is 12.9. The number of esters is 1. The summed E-state index contributed by atoms with van der Waals surface area (Å²) in [6.07, 6.45) is 0.402. The van der Waals surface area contributed by atoms with Gasteiger partial charge in [0.2, 0.25) is 41.4 Å². The van der Waals surface area contributed by atoms with Crippen molar-refractivity contribution >= 4 is 53.1 Å².